The second-order valence-electron chi connectivity index (χ2n) is 8.46. The first-order valence-electron chi connectivity index (χ1n) is 11.6. The van der Waals surface area contributed by atoms with Crippen molar-refractivity contribution < 1.29 is 14.3 Å². The maximum atomic E-state index is 12.6. The van der Waals surface area contributed by atoms with E-state index in [9.17, 15) is 4.79 Å². The summed E-state index contributed by atoms with van der Waals surface area (Å²) in [5.74, 6) is 1.89. The number of aromatic nitrogens is 4. The first-order valence-corrected chi connectivity index (χ1v) is 11.6. The van der Waals surface area contributed by atoms with Crippen molar-refractivity contribution in [3.05, 3.63) is 60.3 Å². The highest BCUT2D eigenvalue weighted by molar-refractivity contribution is 5.78. The maximum Gasteiger partial charge on any atom is 0.260 e. The Balaban J connectivity index is 1.56. The van der Waals surface area contributed by atoms with Crippen LogP contribution >= 0.6 is 0 Å². The molecule has 0 atom stereocenters. The Morgan fingerprint density at radius 3 is 2.38 bits per heavy atom. The van der Waals surface area contributed by atoms with E-state index in [4.69, 9.17) is 9.47 Å². The van der Waals surface area contributed by atoms with Crippen molar-refractivity contribution >= 4 is 5.91 Å². The van der Waals surface area contributed by atoms with Crippen LogP contribution < -0.4 is 14.8 Å². The Hall–Kier alpha value is -3.46. The monoisotopic (exact) mass is 466 g/mol. The van der Waals surface area contributed by atoms with Crippen LogP contribution in [0.5, 0.6) is 11.5 Å². The minimum Gasteiger partial charge on any atom is -0.490 e. The van der Waals surface area contributed by atoms with Gasteiger partial charge in [-0.2, -0.15) is 5.10 Å². The van der Waals surface area contributed by atoms with Crippen LogP contribution in [-0.2, 0) is 17.9 Å². The molecule has 34 heavy (non-hydrogen) atoms. The van der Waals surface area contributed by atoms with E-state index >= 15 is 0 Å². The SMILES string of the molecule is CCOc1cc(CNCc2ccc(-n3cncn3)nc2)ccc1OCC(=O)N(C(C)C)C(C)C. The van der Waals surface area contributed by atoms with Gasteiger partial charge in [0, 0.05) is 31.4 Å². The summed E-state index contributed by atoms with van der Waals surface area (Å²) in [6.07, 6.45) is 4.92. The Morgan fingerprint density at radius 1 is 1.03 bits per heavy atom. The molecular weight excluding hydrogens is 432 g/mol. The van der Waals surface area contributed by atoms with Crippen LogP contribution in [0.1, 0.15) is 45.7 Å². The van der Waals surface area contributed by atoms with Crippen molar-refractivity contribution in [1.29, 1.82) is 0 Å². The van der Waals surface area contributed by atoms with E-state index in [2.05, 4.69) is 20.4 Å². The molecule has 2 heterocycles. The lowest BCUT2D eigenvalue weighted by Crippen LogP contribution is -2.44. The lowest BCUT2D eigenvalue weighted by atomic mass is 10.2. The Morgan fingerprint density at radius 2 is 1.76 bits per heavy atom. The number of ether oxygens (including phenoxy) is 2. The first-order chi connectivity index (χ1) is 16.4. The molecule has 0 unspecified atom stereocenters. The summed E-state index contributed by atoms with van der Waals surface area (Å²) in [5, 5.41) is 7.50. The number of pyridine rings is 1. The van der Waals surface area contributed by atoms with Gasteiger partial charge in [0.2, 0.25) is 0 Å². The first kappa shape index (κ1) is 25.2. The molecule has 2 aromatic heterocycles. The van der Waals surface area contributed by atoms with Gasteiger partial charge >= 0.3 is 0 Å². The predicted octanol–water partition coefficient (Wildman–Crippen LogP) is 3.38. The van der Waals surface area contributed by atoms with Crippen molar-refractivity contribution in [2.75, 3.05) is 13.2 Å². The van der Waals surface area contributed by atoms with Gasteiger partial charge in [0.25, 0.3) is 5.91 Å². The average molecular weight is 467 g/mol. The van der Waals surface area contributed by atoms with E-state index < -0.39 is 0 Å². The quantitative estimate of drug-likeness (QED) is 0.437. The zero-order chi connectivity index (χ0) is 24.5. The van der Waals surface area contributed by atoms with Gasteiger partial charge in [-0.3, -0.25) is 4.79 Å². The van der Waals surface area contributed by atoms with Crippen molar-refractivity contribution in [3.8, 4) is 17.3 Å². The molecule has 3 aromatic rings. The largest absolute Gasteiger partial charge is 0.490 e. The smallest absolute Gasteiger partial charge is 0.260 e. The molecule has 9 nitrogen and oxygen atoms in total. The molecule has 0 aliphatic carbocycles. The van der Waals surface area contributed by atoms with Gasteiger partial charge in [0.15, 0.2) is 23.9 Å². The Bertz CT molecular complexity index is 1030. The highest BCUT2D eigenvalue weighted by Crippen LogP contribution is 2.29. The summed E-state index contributed by atoms with van der Waals surface area (Å²) in [6, 6.07) is 9.93. The molecule has 0 bridgehead atoms. The lowest BCUT2D eigenvalue weighted by molar-refractivity contribution is -0.137. The highest BCUT2D eigenvalue weighted by Gasteiger charge is 2.21. The summed E-state index contributed by atoms with van der Waals surface area (Å²) in [4.78, 5) is 22.8. The number of carbonyl (C=O) groups is 1. The molecule has 9 heteroatoms. The molecule has 0 saturated carbocycles. The zero-order valence-electron chi connectivity index (χ0n) is 20.6. The molecule has 0 radical (unpaired) electrons. The summed E-state index contributed by atoms with van der Waals surface area (Å²) < 4.78 is 13.2. The van der Waals surface area contributed by atoms with Gasteiger partial charge in [0.1, 0.15) is 12.7 Å². The van der Waals surface area contributed by atoms with Gasteiger partial charge in [-0.05, 0) is 63.9 Å². The van der Waals surface area contributed by atoms with E-state index in [1.165, 1.54) is 6.33 Å². The predicted molar refractivity (Wildman–Crippen MR) is 130 cm³/mol. The number of hydrogen-bond donors (Lipinski definition) is 1. The zero-order valence-corrected chi connectivity index (χ0v) is 20.6. The lowest BCUT2D eigenvalue weighted by Gasteiger charge is -2.30. The van der Waals surface area contributed by atoms with Crippen LogP contribution in [0.25, 0.3) is 5.82 Å². The van der Waals surface area contributed by atoms with Crippen LogP contribution in [0, 0.1) is 0 Å². The fraction of sp³-hybridized carbons (Fsp3) is 0.440. The molecule has 1 N–H and O–H groups in total. The summed E-state index contributed by atoms with van der Waals surface area (Å²) >= 11 is 0. The third-order valence-corrected chi connectivity index (χ3v) is 5.18. The number of nitrogens with zero attached hydrogens (tertiary/aromatic N) is 5. The maximum absolute atomic E-state index is 12.6. The van der Waals surface area contributed by atoms with Crippen LogP contribution in [-0.4, -0.2) is 55.9 Å². The van der Waals surface area contributed by atoms with Gasteiger partial charge in [0.05, 0.1) is 6.61 Å². The molecule has 0 aliphatic rings. The molecule has 0 saturated heterocycles. The van der Waals surface area contributed by atoms with E-state index in [-0.39, 0.29) is 24.6 Å². The highest BCUT2D eigenvalue weighted by atomic mass is 16.5. The standard InChI is InChI=1S/C25H34N6O3/c1-6-33-23-11-20(7-9-22(23)34-15-25(32)31(18(2)3)19(4)5)12-26-13-21-8-10-24(28-14-21)30-17-27-16-29-30/h7-11,14,16-19,26H,6,12-13,15H2,1-5H3. The summed E-state index contributed by atoms with van der Waals surface area (Å²) in [5.41, 5.74) is 2.12. The van der Waals surface area contributed by atoms with Crippen molar-refractivity contribution in [2.45, 2.75) is 59.8 Å². The number of rotatable bonds is 12. The number of amides is 1. The van der Waals surface area contributed by atoms with E-state index in [0.717, 1.165) is 16.9 Å². The fourth-order valence-corrected chi connectivity index (χ4v) is 3.77. The Kier molecular flexibility index (Phi) is 8.98. The van der Waals surface area contributed by atoms with Crippen molar-refractivity contribution in [2.24, 2.45) is 0 Å². The van der Waals surface area contributed by atoms with E-state index in [1.807, 2.05) is 76.0 Å². The van der Waals surface area contributed by atoms with Gasteiger partial charge < -0.3 is 19.7 Å². The molecule has 3 rings (SSSR count). The van der Waals surface area contributed by atoms with Gasteiger partial charge in [-0.15, -0.1) is 0 Å². The van der Waals surface area contributed by atoms with Crippen LogP contribution in [0.3, 0.4) is 0 Å². The van der Waals surface area contributed by atoms with Gasteiger partial charge in [-0.1, -0.05) is 12.1 Å². The number of hydrogen-bond acceptors (Lipinski definition) is 7. The van der Waals surface area contributed by atoms with Crippen LogP contribution in [0.2, 0.25) is 0 Å². The summed E-state index contributed by atoms with van der Waals surface area (Å²) in [6.45, 7) is 11.8. The van der Waals surface area contributed by atoms with E-state index in [0.29, 0.717) is 31.2 Å². The topological polar surface area (TPSA) is 94.4 Å². The van der Waals surface area contributed by atoms with Gasteiger partial charge in [-0.25, -0.2) is 14.6 Å². The Labute approximate surface area is 201 Å². The number of carbonyl (C=O) groups excluding carboxylic acids is 1. The molecular formula is C25H34N6O3. The molecule has 0 aliphatic heterocycles. The van der Waals surface area contributed by atoms with E-state index in [1.54, 1.807) is 11.0 Å². The third kappa shape index (κ3) is 6.77. The third-order valence-electron chi connectivity index (χ3n) is 5.18. The normalized spacial score (nSPS) is 11.1. The average Bonchev–Trinajstić information content (AvgIpc) is 3.34. The van der Waals surface area contributed by atoms with Crippen LogP contribution in [0.15, 0.2) is 49.2 Å². The number of nitrogens with one attached hydrogen (secondary N) is 1. The fourth-order valence-electron chi connectivity index (χ4n) is 3.77. The minimum absolute atomic E-state index is 0.0222. The molecule has 1 amide bonds. The second-order valence-corrected chi connectivity index (χ2v) is 8.46. The molecule has 182 valence electrons. The molecule has 1 aromatic carbocycles. The second kappa shape index (κ2) is 12.1. The van der Waals surface area contributed by atoms with Crippen molar-refractivity contribution in [1.82, 2.24) is 30.0 Å². The summed E-state index contributed by atoms with van der Waals surface area (Å²) in [7, 11) is 0. The molecule has 0 fully saturated rings. The molecule has 0 spiro atoms. The van der Waals surface area contributed by atoms with Crippen molar-refractivity contribution in [3.63, 3.8) is 0 Å². The number of benzene rings is 1. The van der Waals surface area contributed by atoms with Crippen LogP contribution in [0.4, 0.5) is 0 Å². The minimum atomic E-state index is -0.0401.